The van der Waals surface area contributed by atoms with Crippen LogP contribution in [-0.4, -0.2) is 25.9 Å². The fraction of sp³-hybridized carbons (Fsp3) is 0.316. The van der Waals surface area contributed by atoms with E-state index in [0.29, 0.717) is 17.3 Å². The molecule has 6 heteroatoms. The molecule has 2 heterocycles. The molecule has 0 fully saturated rings. The van der Waals surface area contributed by atoms with Gasteiger partial charge >= 0.3 is 0 Å². The van der Waals surface area contributed by atoms with E-state index in [4.69, 9.17) is 0 Å². The lowest BCUT2D eigenvalue weighted by Gasteiger charge is -2.11. The van der Waals surface area contributed by atoms with E-state index in [1.165, 1.54) is 0 Å². The second-order valence-corrected chi connectivity index (χ2v) is 6.69. The van der Waals surface area contributed by atoms with Crippen LogP contribution < -0.4 is 5.32 Å². The van der Waals surface area contributed by atoms with Gasteiger partial charge in [0.2, 0.25) is 0 Å². The van der Waals surface area contributed by atoms with Gasteiger partial charge in [0.05, 0.1) is 17.1 Å². The Morgan fingerprint density at radius 2 is 2.00 bits per heavy atom. The SMILES string of the molecule is Cc1cc(C)n(-c2ccccc2NC(=O)c2cc(CC(C)C)[nH]n2)n1. The van der Waals surface area contributed by atoms with Crippen molar-refractivity contribution >= 4 is 11.6 Å². The molecule has 3 rings (SSSR count). The van der Waals surface area contributed by atoms with Crippen molar-refractivity contribution in [2.75, 3.05) is 5.32 Å². The highest BCUT2D eigenvalue weighted by Crippen LogP contribution is 2.22. The average Bonchev–Trinajstić information content (AvgIpc) is 3.13. The maximum Gasteiger partial charge on any atom is 0.276 e. The second kappa shape index (κ2) is 6.93. The number of rotatable bonds is 5. The monoisotopic (exact) mass is 337 g/mol. The number of anilines is 1. The van der Waals surface area contributed by atoms with E-state index in [0.717, 1.165) is 29.2 Å². The summed E-state index contributed by atoms with van der Waals surface area (Å²) in [6.45, 7) is 8.20. The summed E-state index contributed by atoms with van der Waals surface area (Å²) >= 11 is 0. The molecule has 0 bridgehead atoms. The number of H-pyrrole nitrogens is 1. The largest absolute Gasteiger partial charge is 0.319 e. The number of carbonyl (C=O) groups is 1. The summed E-state index contributed by atoms with van der Waals surface area (Å²) in [4.78, 5) is 12.6. The van der Waals surface area contributed by atoms with Crippen molar-refractivity contribution in [3.63, 3.8) is 0 Å². The lowest BCUT2D eigenvalue weighted by atomic mass is 10.1. The van der Waals surface area contributed by atoms with Gasteiger partial charge in [-0.15, -0.1) is 0 Å². The van der Waals surface area contributed by atoms with Gasteiger partial charge in [-0.2, -0.15) is 10.2 Å². The highest BCUT2D eigenvalue weighted by atomic mass is 16.1. The quantitative estimate of drug-likeness (QED) is 0.746. The van der Waals surface area contributed by atoms with Crippen molar-refractivity contribution in [2.24, 2.45) is 5.92 Å². The fourth-order valence-electron chi connectivity index (χ4n) is 2.85. The first-order chi connectivity index (χ1) is 11.9. The minimum Gasteiger partial charge on any atom is -0.319 e. The molecule has 0 atom stereocenters. The van der Waals surface area contributed by atoms with Crippen LogP contribution in [0.5, 0.6) is 0 Å². The Labute approximate surface area is 147 Å². The molecule has 0 saturated carbocycles. The molecular formula is C19H23N5O. The van der Waals surface area contributed by atoms with Gasteiger partial charge < -0.3 is 5.32 Å². The van der Waals surface area contributed by atoms with Crippen LogP contribution >= 0.6 is 0 Å². The van der Waals surface area contributed by atoms with E-state index in [9.17, 15) is 4.79 Å². The van der Waals surface area contributed by atoms with Crippen molar-refractivity contribution < 1.29 is 4.79 Å². The molecule has 0 unspecified atom stereocenters. The van der Waals surface area contributed by atoms with Crippen LogP contribution in [0, 0.1) is 19.8 Å². The molecule has 0 saturated heterocycles. The minimum absolute atomic E-state index is 0.236. The Morgan fingerprint density at radius 1 is 1.24 bits per heavy atom. The number of aromatic nitrogens is 4. The Bertz CT molecular complexity index is 891. The van der Waals surface area contributed by atoms with E-state index in [1.54, 1.807) is 6.07 Å². The van der Waals surface area contributed by atoms with Gasteiger partial charge in [-0.1, -0.05) is 26.0 Å². The molecule has 6 nitrogen and oxygen atoms in total. The summed E-state index contributed by atoms with van der Waals surface area (Å²) in [5.41, 5.74) is 4.83. The number of nitrogens with zero attached hydrogens (tertiary/aromatic N) is 3. The number of aryl methyl sites for hydroxylation is 2. The highest BCUT2D eigenvalue weighted by molar-refractivity contribution is 6.04. The average molecular weight is 337 g/mol. The van der Waals surface area contributed by atoms with E-state index in [1.807, 2.05) is 48.9 Å². The Hall–Kier alpha value is -2.89. The molecular weight excluding hydrogens is 314 g/mol. The molecule has 0 spiro atoms. The lowest BCUT2D eigenvalue weighted by Crippen LogP contribution is -2.15. The van der Waals surface area contributed by atoms with Crippen LogP contribution in [0.15, 0.2) is 36.4 Å². The Morgan fingerprint density at radius 3 is 2.68 bits per heavy atom. The van der Waals surface area contributed by atoms with E-state index in [-0.39, 0.29) is 5.91 Å². The number of hydrogen-bond acceptors (Lipinski definition) is 3. The molecule has 25 heavy (non-hydrogen) atoms. The number of aromatic amines is 1. The van der Waals surface area contributed by atoms with Crippen LogP contribution in [0.3, 0.4) is 0 Å². The third-order valence-corrected chi connectivity index (χ3v) is 3.88. The summed E-state index contributed by atoms with van der Waals surface area (Å²) < 4.78 is 1.83. The summed E-state index contributed by atoms with van der Waals surface area (Å²) in [5, 5.41) is 14.5. The molecule has 0 aliphatic heterocycles. The van der Waals surface area contributed by atoms with Gasteiger partial charge in [-0.05, 0) is 50.5 Å². The van der Waals surface area contributed by atoms with E-state index < -0.39 is 0 Å². The van der Waals surface area contributed by atoms with Gasteiger partial charge in [0.1, 0.15) is 0 Å². The lowest BCUT2D eigenvalue weighted by molar-refractivity contribution is 0.102. The predicted octanol–water partition coefficient (Wildman–Crippen LogP) is 3.66. The molecule has 0 radical (unpaired) electrons. The minimum atomic E-state index is -0.236. The normalized spacial score (nSPS) is 11.1. The standard InChI is InChI=1S/C19H23N5O/c1-12(2)9-15-11-17(22-21-15)19(25)20-16-7-5-6-8-18(16)24-14(4)10-13(3)23-24/h5-8,10-12H,9H2,1-4H3,(H,20,25)(H,21,22). The first-order valence-corrected chi connectivity index (χ1v) is 8.42. The Kier molecular flexibility index (Phi) is 4.70. The third-order valence-electron chi connectivity index (χ3n) is 3.88. The maximum absolute atomic E-state index is 12.6. The Balaban J connectivity index is 1.85. The van der Waals surface area contributed by atoms with Crippen molar-refractivity contribution in [3.05, 3.63) is 59.2 Å². The smallest absolute Gasteiger partial charge is 0.276 e. The molecule has 2 aromatic heterocycles. The summed E-state index contributed by atoms with van der Waals surface area (Å²) in [5.74, 6) is 0.267. The van der Waals surface area contributed by atoms with Gasteiger partial charge in [0, 0.05) is 11.4 Å². The van der Waals surface area contributed by atoms with Gasteiger partial charge in [0.25, 0.3) is 5.91 Å². The van der Waals surface area contributed by atoms with Crippen molar-refractivity contribution in [2.45, 2.75) is 34.1 Å². The van der Waals surface area contributed by atoms with Crippen LogP contribution in [0.2, 0.25) is 0 Å². The summed E-state index contributed by atoms with van der Waals surface area (Å²) in [7, 11) is 0. The van der Waals surface area contributed by atoms with Crippen LogP contribution in [0.1, 0.15) is 41.4 Å². The number of nitrogens with one attached hydrogen (secondary N) is 2. The molecule has 0 aliphatic carbocycles. The number of hydrogen-bond donors (Lipinski definition) is 2. The maximum atomic E-state index is 12.6. The molecule has 1 aromatic carbocycles. The van der Waals surface area contributed by atoms with Crippen molar-refractivity contribution in [1.82, 2.24) is 20.0 Å². The number of para-hydroxylation sites is 2. The molecule has 1 amide bonds. The van der Waals surface area contributed by atoms with Gasteiger partial charge in [0.15, 0.2) is 5.69 Å². The van der Waals surface area contributed by atoms with E-state index >= 15 is 0 Å². The topological polar surface area (TPSA) is 75.6 Å². The zero-order valence-corrected chi connectivity index (χ0v) is 15.0. The second-order valence-electron chi connectivity index (χ2n) is 6.69. The first-order valence-electron chi connectivity index (χ1n) is 8.42. The predicted molar refractivity (Wildman–Crippen MR) is 98.1 cm³/mol. The van der Waals surface area contributed by atoms with Crippen molar-refractivity contribution in [3.8, 4) is 5.69 Å². The van der Waals surface area contributed by atoms with Crippen LogP contribution in [0.4, 0.5) is 5.69 Å². The fourth-order valence-corrected chi connectivity index (χ4v) is 2.85. The molecule has 0 aliphatic rings. The number of amides is 1. The highest BCUT2D eigenvalue weighted by Gasteiger charge is 2.15. The molecule has 130 valence electrons. The van der Waals surface area contributed by atoms with Crippen LogP contribution in [0.25, 0.3) is 5.69 Å². The first kappa shape index (κ1) is 17.0. The van der Waals surface area contributed by atoms with Gasteiger partial charge in [-0.25, -0.2) is 4.68 Å². The van der Waals surface area contributed by atoms with Crippen molar-refractivity contribution in [1.29, 1.82) is 0 Å². The molecule has 2 N–H and O–H groups in total. The van der Waals surface area contributed by atoms with Gasteiger partial charge in [-0.3, -0.25) is 9.89 Å². The zero-order valence-electron chi connectivity index (χ0n) is 15.0. The van der Waals surface area contributed by atoms with E-state index in [2.05, 4.69) is 34.5 Å². The number of carbonyl (C=O) groups excluding carboxylic acids is 1. The zero-order chi connectivity index (χ0) is 18.0. The number of benzene rings is 1. The van der Waals surface area contributed by atoms with Crippen LogP contribution in [-0.2, 0) is 6.42 Å². The third kappa shape index (κ3) is 3.79. The summed E-state index contributed by atoms with van der Waals surface area (Å²) in [6.07, 6.45) is 0.864. The molecule has 3 aromatic rings. The summed E-state index contributed by atoms with van der Waals surface area (Å²) in [6, 6.07) is 11.4.